The number of methoxy groups -OCH3 is 1. The van der Waals surface area contributed by atoms with Gasteiger partial charge >= 0.3 is 12.6 Å². The summed E-state index contributed by atoms with van der Waals surface area (Å²) >= 11 is 0. The smallest absolute Gasteiger partial charge is 0.387 e. The van der Waals surface area contributed by atoms with Crippen LogP contribution in [-0.2, 0) is 4.74 Å². The van der Waals surface area contributed by atoms with Crippen LogP contribution in [0.3, 0.4) is 0 Å². The van der Waals surface area contributed by atoms with Crippen molar-refractivity contribution in [2.45, 2.75) is 19.6 Å². The molecular formula is C13H18F2N2O3. The second kappa shape index (κ2) is 8.31. The van der Waals surface area contributed by atoms with Crippen LogP contribution >= 0.6 is 0 Å². The summed E-state index contributed by atoms with van der Waals surface area (Å²) < 4.78 is 33.1. The van der Waals surface area contributed by atoms with Crippen molar-refractivity contribution in [2.75, 3.05) is 20.3 Å². The lowest BCUT2D eigenvalue weighted by Gasteiger charge is -2.15. The molecule has 0 aliphatic heterocycles. The van der Waals surface area contributed by atoms with Crippen LogP contribution in [0, 0.1) is 0 Å². The number of halogens is 2. The largest absolute Gasteiger partial charge is 0.435 e. The van der Waals surface area contributed by atoms with Gasteiger partial charge in [-0.15, -0.1) is 0 Å². The van der Waals surface area contributed by atoms with Crippen LogP contribution in [0.25, 0.3) is 0 Å². The minimum absolute atomic E-state index is 0.0838. The lowest BCUT2D eigenvalue weighted by atomic mass is 10.1. The van der Waals surface area contributed by atoms with Gasteiger partial charge in [0.2, 0.25) is 0 Å². The summed E-state index contributed by atoms with van der Waals surface area (Å²) in [6.45, 7) is -0.209. The Hall–Kier alpha value is -1.89. The minimum Gasteiger partial charge on any atom is -0.435 e. The van der Waals surface area contributed by atoms with E-state index < -0.39 is 6.61 Å². The number of urea groups is 1. The van der Waals surface area contributed by atoms with Crippen LogP contribution in [0.5, 0.6) is 5.75 Å². The van der Waals surface area contributed by atoms with Gasteiger partial charge in [0.15, 0.2) is 0 Å². The fraction of sp³-hybridized carbons (Fsp3) is 0.462. The molecule has 112 valence electrons. The Morgan fingerprint density at radius 2 is 1.95 bits per heavy atom. The molecule has 0 spiro atoms. The van der Waals surface area contributed by atoms with E-state index in [-0.39, 0.29) is 17.8 Å². The van der Waals surface area contributed by atoms with Crippen molar-refractivity contribution in [1.82, 2.24) is 10.6 Å². The van der Waals surface area contributed by atoms with E-state index >= 15 is 0 Å². The number of rotatable bonds is 7. The number of benzene rings is 1. The van der Waals surface area contributed by atoms with E-state index in [4.69, 9.17) is 4.74 Å². The molecule has 0 aromatic heterocycles. The lowest BCUT2D eigenvalue weighted by Crippen LogP contribution is -2.38. The summed E-state index contributed by atoms with van der Waals surface area (Å²) in [5.41, 5.74) is 0.786. The van der Waals surface area contributed by atoms with Gasteiger partial charge in [0.25, 0.3) is 0 Å². The van der Waals surface area contributed by atoms with Crippen molar-refractivity contribution in [1.29, 1.82) is 0 Å². The second-order valence-electron chi connectivity index (χ2n) is 4.06. The van der Waals surface area contributed by atoms with Crippen molar-refractivity contribution in [3.05, 3.63) is 29.8 Å². The van der Waals surface area contributed by atoms with Gasteiger partial charge in [0.1, 0.15) is 5.75 Å². The van der Waals surface area contributed by atoms with Crippen LogP contribution in [0.4, 0.5) is 13.6 Å². The van der Waals surface area contributed by atoms with E-state index in [1.54, 1.807) is 26.2 Å². The van der Waals surface area contributed by atoms with Gasteiger partial charge in [-0.2, -0.15) is 8.78 Å². The zero-order valence-electron chi connectivity index (χ0n) is 11.4. The molecule has 1 rings (SSSR count). The Morgan fingerprint density at radius 3 is 2.50 bits per heavy atom. The molecule has 1 atom stereocenters. The molecule has 0 heterocycles. The second-order valence-corrected chi connectivity index (χ2v) is 4.06. The molecule has 0 aliphatic rings. The van der Waals surface area contributed by atoms with Gasteiger partial charge in [-0.05, 0) is 24.6 Å². The number of carbonyl (C=O) groups excluding carboxylic acids is 1. The molecule has 0 fully saturated rings. The molecule has 0 aliphatic carbocycles. The first-order valence-electron chi connectivity index (χ1n) is 6.11. The predicted octanol–water partition coefficient (Wildman–Crippen LogP) is 2.29. The molecular weight excluding hydrogens is 270 g/mol. The van der Waals surface area contributed by atoms with Crippen LogP contribution in [0.15, 0.2) is 24.3 Å². The fourth-order valence-corrected chi connectivity index (χ4v) is 1.54. The Morgan fingerprint density at radius 1 is 1.30 bits per heavy atom. The standard InChI is InChI=1S/C13H18F2N2O3/c1-9(17-13(18)16-7-8-19-2)10-3-5-11(6-4-10)20-12(14)15/h3-6,9,12H,7-8H2,1-2H3,(H2,16,17,18). The molecule has 1 aromatic carbocycles. The lowest BCUT2D eigenvalue weighted by molar-refractivity contribution is -0.0498. The summed E-state index contributed by atoms with van der Waals surface area (Å²) in [6, 6.07) is 5.54. The zero-order chi connectivity index (χ0) is 15.0. The van der Waals surface area contributed by atoms with E-state index in [0.717, 1.165) is 5.56 Å². The summed E-state index contributed by atoms with van der Waals surface area (Å²) in [5, 5.41) is 5.34. The molecule has 1 aromatic rings. The zero-order valence-corrected chi connectivity index (χ0v) is 11.4. The van der Waals surface area contributed by atoms with Crippen LogP contribution in [0.2, 0.25) is 0 Å². The summed E-state index contributed by atoms with van der Waals surface area (Å²) in [6.07, 6.45) is 0. The average molecular weight is 288 g/mol. The molecule has 0 bridgehead atoms. The maximum absolute atomic E-state index is 12.0. The highest BCUT2D eigenvalue weighted by Gasteiger charge is 2.10. The van der Waals surface area contributed by atoms with Crippen LogP contribution < -0.4 is 15.4 Å². The molecule has 0 saturated carbocycles. The van der Waals surface area contributed by atoms with Crippen molar-refractivity contribution >= 4 is 6.03 Å². The first kappa shape index (κ1) is 16.2. The van der Waals surface area contributed by atoms with Crippen LogP contribution in [-0.4, -0.2) is 32.9 Å². The maximum Gasteiger partial charge on any atom is 0.387 e. The van der Waals surface area contributed by atoms with E-state index in [1.807, 2.05) is 0 Å². The van der Waals surface area contributed by atoms with E-state index in [9.17, 15) is 13.6 Å². The first-order chi connectivity index (χ1) is 9.52. The molecule has 7 heteroatoms. The number of amides is 2. The van der Waals surface area contributed by atoms with Gasteiger partial charge in [0, 0.05) is 13.7 Å². The number of ether oxygens (including phenoxy) is 2. The summed E-state index contributed by atoms with van der Waals surface area (Å²) in [5.74, 6) is 0.0838. The molecule has 2 amide bonds. The Kier molecular flexibility index (Phi) is 6.72. The van der Waals surface area contributed by atoms with Gasteiger partial charge in [0.05, 0.1) is 12.6 Å². The van der Waals surface area contributed by atoms with Gasteiger partial charge < -0.3 is 20.1 Å². The van der Waals surface area contributed by atoms with Gasteiger partial charge in [-0.25, -0.2) is 4.79 Å². The molecule has 0 saturated heterocycles. The topological polar surface area (TPSA) is 59.6 Å². The average Bonchev–Trinajstić information content (AvgIpc) is 2.39. The third kappa shape index (κ3) is 5.83. The van der Waals surface area contributed by atoms with Crippen LogP contribution in [0.1, 0.15) is 18.5 Å². The van der Waals surface area contributed by atoms with Crippen molar-refractivity contribution in [3.63, 3.8) is 0 Å². The van der Waals surface area contributed by atoms with Crippen molar-refractivity contribution in [2.24, 2.45) is 0 Å². The Labute approximate surface area is 116 Å². The first-order valence-corrected chi connectivity index (χ1v) is 6.11. The highest BCUT2D eigenvalue weighted by Crippen LogP contribution is 2.18. The molecule has 2 N–H and O–H groups in total. The third-order valence-corrected chi connectivity index (χ3v) is 2.54. The fourth-order valence-electron chi connectivity index (χ4n) is 1.54. The van der Waals surface area contributed by atoms with Crippen molar-refractivity contribution < 1.29 is 23.0 Å². The predicted molar refractivity (Wildman–Crippen MR) is 69.9 cm³/mol. The molecule has 0 radical (unpaired) electrons. The quantitative estimate of drug-likeness (QED) is 0.757. The molecule has 20 heavy (non-hydrogen) atoms. The number of hydrogen-bond donors (Lipinski definition) is 2. The maximum atomic E-state index is 12.0. The number of alkyl halides is 2. The number of hydrogen-bond acceptors (Lipinski definition) is 3. The van der Waals surface area contributed by atoms with E-state index in [0.29, 0.717) is 13.2 Å². The Balaban J connectivity index is 2.46. The highest BCUT2D eigenvalue weighted by molar-refractivity contribution is 5.74. The van der Waals surface area contributed by atoms with Gasteiger partial charge in [-0.1, -0.05) is 12.1 Å². The number of nitrogens with one attached hydrogen (secondary N) is 2. The Bertz CT molecular complexity index is 413. The van der Waals surface area contributed by atoms with E-state index in [2.05, 4.69) is 15.4 Å². The normalized spacial score (nSPS) is 12.1. The summed E-state index contributed by atoms with van der Waals surface area (Å²) in [4.78, 5) is 11.5. The minimum atomic E-state index is -2.84. The third-order valence-electron chi connectivity index (χ3n) is 2.54. The van der Waals surface area contributed by atoms with Gasteiger partial charge in [-0.3, -0.25) is 0 Å². The van der Waals surface area contributed by atoms with E-state index in [1.165, 1.54) is 12.1 Å². The molecule has 1 unspecified atom stereocenters. The number of carbonyl (C=O) groups is 1. The monoisotopic (exact) mass is 288 g/mol. The molecule has 5 nitrogen and oxygen atoms in total. The highest BCUT2D eigenvalue weighted by atomic mass is 19.3. The SMILES string of the molecule is COCCNC(=O)NC(C)c1ccc(OC(F)F)cc1. The van der Waals surface area contributed by atoms with Crippen molar-refractivity contribution in [3.8, 4) is 5.75 Å². The summed E-state index contributed by atoms with van der Waals surface area (Å²) in [7, 11) is 1.55.